The van der Waals surface area contributed by atoms with Crippen molar-refractivity contribution in [2.24, 2.45) is 7.05 Å². The maximum absolute atomic E-state index is 12.2. The van der Waals surface area contributed by atoms with Crippen molar-refractivity contribution in [3.05, 3.63) is 145 Å². The maximum atomic E-state index is 12.2. The minimum atomic E-state index is -0.308. The number of aryl methyl sites for hydroxylation is 3. The number of nitrogens with zero attached hydrogens (tertiary/aromatic N) is 9. The van der Waals surface area contributed by atoms with Gasteiger partial charge in [0.25, 0.3) is 0 Å². The Morgan fingerprint density at radius 2 is 1.49 bits per heavy atom. The fourth-order valence-electron chi connectivity index (χ4n) is 7.73. The van der Waals surface area contributed by atoms with E-state index in [0.717, 1.165) is 89.6 Å². The van der Waals surface area contributed by atoms with E-state index in [2.05, 4.69) is 124 Å². The quantitative estimate of drug-likeness (QED) is 0.0679. The van der Waals surface area contributed by atoms with Crippen LogP contribution < -0.4 is 35.8 Å². The average Bonchev–Trinajstić information content (AvgIpc) is 3.69. The molecule has 3 aromatic heterocycles. The van der Waals surface area contributed by atoms with E-state index < -0.39 is 0 Å². The van der Waals surface area contributed by atoms with Crippen molar-refractivity contribution in [2.75, 3.05) is 98.5 Å². The molecule has 0 spiro atoms. The summed E-state index contributed by atoms with van der Waals surface area (Å²) in [5.74, 6) is 0.961. The van der Waals surface area contributed by atoms with Crippen molar-refractivity contribution in [1.29, 1.82) is 0 Å². The van der Waals surface area contributed by atoms with Crippen LogP contribution in [0.1, 0.15) is 11.1 Å². The maximum Gasteiger partial charge on any atom is 0.247 e. The van der Waals surface area contributed by atoms with Gasteiger partial charge in [-0.2, -0.15) is 4.98 Å². The molecule has 1 saturated heterocycles. The first-order valence-corrected chi connectivity index (χ1v) is 23.2. The number of carbonyl (C=O) groups is 2. The second-order valence-corrected chi connectivity index (χ2v) is 17.7. The summed E-state index contributed by atoms with van der Waals surface area (Å²) >= 11 is 6.27. The number of likely N-dealkylation sites (N-methyl/N-ethyl adjacent to an activating group) is 3. The third-order valence-electron chi connectivity index (χ3n) is 11.7. The van der Waals surface area contributed by atoms with Crippen molar-refractivity contribution in [2.45, 2.75) is 13.8 Å². The van der Waals surface area contributed by atoms with Gasteiger partial charge in [0.05, 0.1) is 23.3 Å². The fourth-order valence-corrected chi connectivity index (χ4v) is 7.86. The van der Waals surface area contributed by atoms with E-state index in [9.17, 15) is 9.59 Å². The molecule has 16 nitrogen and oxygen atoms in total. The summed E-state index contributed by atoms with van der Waals surface area (Å²) in [5, 5.41) is 13.7. The van der Waals surface area contributed by atoms with Gasteiger partial charge in [-0.3, -0.25) is 9.59 Å². The molecule has 4 heterocycles. The lowest BCUT2D eigenvalue weighted by atomic mass is 10.1. The number of amides is 2. The first-order valence-electron chi connectivity index (χ1n) is 22.8. The molecule has 2 amide bonds. The van der Waals surface area contributed by atoms with Crippen LogP contribution in [0.25, 0.3) is 22.2 Å². The Morgan fingerprint density at radius 1 is 0.771 bits per heavy atom. The van der Waals surface area contributed by atoms with Gasteiger partial charge in [-0.05, 0) is 113 Å². The van der Waals surface area contributed by atoms with Gasteiger partial charge in [0, 0.05) is 111 Å². The molecule has 8 rings (SSSR count). The summed E-state index contributed by atoms with van der Waals surface area (Å²) in [6, 6.07) is 27.4. The highest BCUT2D eigenvalue weighted by molar-refractivity contribution is 6.31. The van der Waals surface area contributed by atoms with Gasteiger partial charge >= 0.3 is 0 Å². The molecule has 17 heteroatoms. The van der Waals surface area contributed by atoms with Crippen molar-refractivity contribution in [3.8, 4) is 22.9 Å². The molecule has 7 aromatic rings. The lowest BCUT2D eigenvalue weighted by Crippen LogP contribution is -2.44. The Morgan fingerprint density at radius 3 is 2.23 bits per heavy atom. The molecule has 362 valence electrons. The van der Waals surface area contributed by atoms with Gasteiger partial charge in [-0.25, -0.2) is 15.0 Å². The van der Waals surface area contributed by atoms with Crippen molar-refractivity contribution < 1.29 is 14.3 Å². The lowest BCUT2D eigenvalue weighted by molar-refractivity contribution is -0.112. The Kier molecular flexibility index (Phi) is 16.5. The highest BCUT2D eigenvalue weighted by atomic mass is 35.5. The van der Waals surface area contributed by atoms with Crippen LogP contribution in [0.3, 0.4) is 0 Å². The third-order valence-corrected chi connectivity index (χ3v) is 12.0. The highest BCUT2D eigenvalue weighted by Crippen LogP contribution is 2.35. The number of piperazine rings is 1. The first kappa shape index (κ1) is 50.1. The number of carbonyl (C=O) groups excluding carboxylic acids is 2. The van der Waals surface area contributed by atoms with Gasteiger partial charge in [0.2, 0.25) is 29.6 Å². The van der Waals surface area contributed by atoms with Gasteiger partial charge in [0.15, 0.2) is 0 Å². The van der Waals surface area contributed by atoms with E-state index in [1.807, 2.05) is 65.4 Å². The number of aromatic nitrogens is 5. The molecule has 70 heavy (non-hydrogen) atoms. The summed E-state index contributed by atoms with van der Waals surface area (Å²) in [5.41, 5.74) is 10.2. The fraction of sp³-hybridized carbons (Fsp3) is 0.245. The normalized spacial score (nSPS) is 12.4. The number of halogens is 1. The van der Waals surface area contributed by atoms with Crippen LogP contribution in [0, 0.1) is 13.8 Å². The number of benzene rings is 4. The molecule has 1 aliphatic rings. The SMILES string of the molecule is C=CC(=O)Nc1cc(Nc2nccc(-c3cn(C)c4ccccc34)n2)c(C)cc1N(C)CCN(C)C.C=CC(=O)Nc1cccc(Oc2nc(Nc3ccc(N4CCN(C)CC4)cc3C)ncc2Cl)c1. The number of ether oxygens (including phenoxy) is 1. The van der Waals surface area contributed by atoms with Crippen LogP contribution in [-0.2, 0) is 16.6 Å². The van der Waals surface area contributed by atoms with Crippen molar-refractivity contribution in [3.63, 3.8) is 0 Å². The molecular formula is C53H60ClN13O3. The molecule has 0 aliphatic carbocycles. The molecule has 0 bridgehead atoms. The van der Waals surface area contributed by atoms with E-state index in [-0.39, 0.29) is 22.7 Å². The van der Waals surface area contributed by atoms with E-state index in [4.69, 9.17) is 21.3 Å². The van der Waals surface area contributed by atoms with Crippen LogP contribution in [-0.4, -0.2) is 114 Å². The lowest BCUT2D eigenvalue weighted by Gasteiger charge is -2.34. The van der Waals surface area contributed by atoms with Gasteiger partial charge in [-0.1, -0.05) is 49.0 Å². The number of rotatable bonds is 16. The molecule has 0 saturated carbocycles. The smallest absolute Gasteiger partial charge is 0.247 e. The van der Waals surface area contributed by atoms with Crippen LogP contribution in [0.2, 0.25) is 5.02 Å². The summed E-state index contributed by atoms with van der Waals surface area (Å²) in [7, 11) is 10.3. The Balaban J connectivity index is 0.000000207. The first-order chi connectivity index (χ1) is 33.7. The molecule has 1 aliphatic heterocycles. The number of fused-ring (bicyclic) bond motifs is 1. The van der Waals surface area contributed by atoms with Crippen molar-refractivity contribution >= 4 is 80.3 Å². The zero-order chi connectivity index (χ0) is 49.9. The number of nitrogens with one attached hydrogen (secondary N) is 4. The van der Waals surface area contributed by atoms with E-state index in [1.165, 1.54) is 24.0 Å². The summed E-state index contributed by atoms with van der Waals surface area (Å²) in [6.07, 6.45) is 7.80. The number of hydrogen-bond acceptors (Lipinski definition) is 13. The standard InChI is InChI=1S/C28H33N7O.C25H27ClN6O2/c1-7-27(36)30-24-17-23(19(2)16-26(24)34(5)15-14-33(3)4)32-28-29-13-12-22(31-28)21-18-35(6)25-11-9-8-10-20(21)25;1-4-23(33)28-18-6-5-7-20(15-18)34-24-21(26)16-27-25(30-24)29-22-9-8-19(14-17(22)2)32-12-10-31(3)11-13-32/h7-13,16-18H,1,14-15H2,2-6H3,(H,30,36)(H,29,31,32);4-9,14-16H,1,10-13H2,2-3H3,(H,28,33)(H,27,29,30). The second kappa shape index (κ2) is 23.0. The number of hydrogen-bond donors (Lipinski definition) is 4. The zero-order valence-corrected chi connectivity index (χ0v) is 41.5. The van der Waals surface area contributed by atoms with Crippen LogP contribution in [0.4, 0.5) is 46.0 Å². The van der Waals surface area contributed by atoms with Crippen LogP contribution in [0.5, 0.6) is 11.6 Å². The molecule has 0 unspecified atom stereocenters. The average molecular weight is 963 g/mol. The summed E-state index contributed by atoms with van der Waals surface area (Å²) in [4.78, 5) is 50.7. The molecule has 0 atom stereocenters. The topological polar surface area (TPSA) is 161 Å². The van der Waals surface area contributed by atoms with E-state index >= 15 is 0 Å². The van der Waals surface area contributed by atoms with Gasteiger partial charge < -0.3 is 50.2 Å². The summed E-state index contributed by atoms with van der Waals surface area (Å²) in [6.45, 7) is 17.0. The molecule has 4 N–H and O–H groups in total. The van der Waals surface area contributed by atoms with Crippen LogP contribution in [0.15, 0.2) is 129 Å². The second-order valence-electron chi connectivity index (χ2n) is 17.2. The predicted octanol–water partition coefficient (Wildman–Crippen LogP) is 9.66. The zero-order valence-electron chi connectivity index (χ0n) is 40.8. The highest BCUT2D eigenvalue weighted by Gasteiger charge is 2.18. The Hall–Kier alpha value is -7.79. The monoisotopic (exact) mass is 961 g/mol. The Bertz CT molecular complexity index is 3000. The predicted molar refractivity (Wildman–Crippen MR) is 286 cm³/mol. The van der Waals surface area contributed by atoms with Crippen LogP contribution >= 0.6 is 11.6 Å². The third kappa shape index (κ3) is 12.8. The Labute approximate surface area is 414 Å². The van der Waals surface area contributed by atoms with Gasteiger partial charge in [-0.15, -0.1) is 0 Å². The van der Waals surface area contributed by atoms with E-state index in [1.54, 1.807) is 30.5 Å². The molecule has 0 radical (unpaired) electrons. The van der Waals surface area contributed by atoms with Crippen molar-refractivity contribution in [1.82, 2.24) is 34.3 Å². The minimum absolute atomic E-state index is 0.207. The minimum Gasteiger partial charge on any atom is -0.437 e. The van der Waals surface area contributed by atoms with E-state index in [0.29, 0.717) is 29.0 Å². The molecule has 1 fully saturated rings. The number of anilines is 8. The molecular weight excluding hydrogens is 902 g/mol. The summed E-state index contributed by atoms with van der Waals surface area (Å²) < 4.78 is 7.97. The largest absolute Gasteiger partial charge is 0.437 e. The molecule has 4 aromatic carbocycles. The number of para-hydroxylation sites is 1. The van der Waals surface area contributed by atoms with Gasteiger partial charge in [0.1, 0.15) is 10.8 Å².